The molecule has 1 aromatic rings. The van der Waals surface area contributed by atoms with Crippen LogP contribution in [0.1, 0.15) is 68.1 Å². The van der Waals surface area contributed by atoms with Crippen molar-refractivity contribution in [1.82, 2.24) is 0 Å². The Morgan fingerprint density at radius 1 is 1.07 bits per heavy atom. The van der Waals surface area contributed by atoms with Crippen LogP contribution in [0.15, 0.2) is 35.4 Å². The van der Waals surface area contributed by atoms with Gasteiger partial charge in [0.15, 0.2) is 0 Å². The molecule has 0 radical (unpaired) electrons. The van der Waals surface area contributed by atoms with Gasteiger partial charge in [0.2, 0.25) is 0 Å². The van der Waals surface area contributed by atoms with Crippen LogP contribution < -0.4 is 0 Å². The van der Waals surface area contributed by atoms with Crippen molar-refractivity contribution in [3.63, 3.8) is 0 Å². The molecule has 0 bridgehead atoms. The zero-order chi connectivity index (χ0) is 20.4. The number of alkyl halides is 3. The zero-order valence-electron chi connectivity index (χ0n) is 16.8. The molecule has 1 fully saturated rings. The second-order valence-electron chi connectivity index (χ2n) is 8.63. The van der Waals surface area contributed by atoms with E-state index >= 15 is 0 Å². The lowest BCUT2D eigenvalue weighted by atomic mass is 9.80. The second-order valence-corrected chi connectivity index (χ2v) is 8.63. The van der Waals surface area contributed by atoms with Crippen LogP contribution in [0, 0.1) is 17.8 Å². The van der Waals surface area contributed by atoms with Gasteiger partial charge in [-0.1, -0.05) is 37.1 Å². The van der Waals surface area contributed by atoms with Gasteiger partial charge < -0.3 is 4.74 Å². The first-order valence-electron chi connectivity index (χ1n) is 10.6. The maximum absolute atomic E-state index is 12.3. The van der Waals surface area contributed by atoms with E-state index in [1.807, 2.05) is 12.1 Å². The van der Waals surface area contributed by atoms with Crippen molar-refractivity contribution in [3.8, 4) is 11.8 Å². The third kappa shape index (κ3) is 5.14. The molecule has 0 amide bonds. The second kappa shape index (κ2) is 8.40. The lowest BCUT2D eigenvalue weighted by Crippen LogP contribution is -2.27. The highest BCUT2D eigenvalue weighted by Crippen LogP contribution is 2.37. The summed E-state index contributed by atoms with van der Waals surface area (Å²) >= 11 is 0. The summed E-state index contributed by atoms with van der Waals surface area (Å²) in [6.45, 7) is 3.12. The van der Waals surface area contributed by atoms with E-state index in [0.717, 1.165) is 44.3 Å². The van der Waals surface area contributed by atoms with E-state index < -0.39 is 6.18 Å². The van der Waals surface area contributed by atoms with Gasteiger partial charge in [0, 0.05) is 18.1 Å². The first-order chi connectivity index (χ1) is 13.9. The number of hydrogen-bond acceptors (Lipinski definition) is 1. The highest BCUT2D eigenvalue weighted by molar-refractivity contribution is 5.64. The predicted molar refractivity (Wildman–Crippen MR) is 109 cm³/mol. The van der Waals surface area contributed by atoms with E-state index in [2.05, 4.69) is 31.1 Å². The fourth-order valence-corrected chi connectivity index (χ4v) is 4.64. The SMILES string of the molecule is CC1CCC(C2=CCC(c3ccc4c(c3)CCC(C#CC(F)(F)F)=C4)CC2)OC1. The van der Waals surface area contributed by atoms with E-state index in [4.69, 9.17) is 4.74 Å². The van der Waals surface area contributed by atoms with Crippen molar-refractivity contribution in [3.05, 3.63) is 52.1 Å². The molecular weight excluding hydrogens is 373 g/mol. The lowest BCUT2D eigenvalue weighted by molar-refractivity contribution is -0.0696. The molecule has 1 saturated heterocycles. The maximum atomic E-state index is 12.3. The van der Waals surface area contributed by atoms with Crippen LogP contribution in [0.25, 0.3) is 6.08 Å². The molecule has 0 saturated carbocycles. The average Bonchev–Trinajstić information content (AvgIpc) is 2.72. The third-order valence-corrected chi connectivity index (χ3v) is 6.36. The minimum absolute atomic E-state index is 0.317. The summed E-state index contributed by atoms with van der Waals surface area (Å²) < 4.78 is 43.0. The smallest absolute Gasteiger partial charge is 0.374 e. The number of aryl methyl sites for hydroxylation is 1. The standard InChI is InChI=1S/C25H27F3O/c1-17-2-11-24(29-16-17)20-7-5-19(6-8-20)22-10-9-21-14-18(3-4-23(21)15-22)12-13-25(26,27)28/h7,9-10,14-15,17,19,24H,2-6,8,11,16H2,1H3. The molecule has 4 rings (SSSR count). The van der Waals surface area contributed by atoms with E-state index in [-0.39, 0.29) is 0 Å². The number of fused-ring (bicyclic) bond motifs is 1. The van der Waals surface area contributed by atoms with Crippen LogP contribution in [0.3, 0.4) is 0 Å². The summed E-state index contributed by atoms with van der Waals surface area (Å²) in [7, 11) is 0. The first-order valence-corrected chi connectivity index (χ1v) is 10.6. The first kappa shape index (κ1) is 20.3. The van der Waals surface area contributed by atoms with E-state index in [1.165, 1.54) is 29.0 Å². The molecule has 154 valence electrons. The Morgan fingerprint density at radius 3 is 2.62 bits per heavy atom. The molecule has 3 aliphatic rings. The number of ether oxygens (including phenoxy) is 1. The Balaban J connectivity index is 1.43. The van der Waals surface area contributed by atoms with E-state index in [1.54, 1.807) is 0 Å². The number of benzene rings is 1. The summed E-state index contributed by atoms with van der Waals surface area (Å²) in [4.78, 5) is 0. The van der Waals surface area contributed by atoms with Crippen LogP contribution in [0.4, 0.5) is 13.2 Å². The summed E-state index contributed by atoms with van der Waals surface area (Å²) in [6.07, 6.45) is 7.07. The van der Waals surface area contributed by atoms with Gasteiger partial charge in [-0.15, -0.1) is 0 Å². The molecule has 0 spiro atoms. The third-order valence-electron chi connectivity index (χ3n) is 6.36. The molecule has 1 nitrogen and oxygen atoms in total. The van der Waals surface area contributed by atoms with Gasteiger partial charge in [-0.25, -0.2) is 0 Å². The van der Waals surface area contributed by atoms with E-state index in [9.17, 15) is 13.2 Å². The number of allylic oxidation sites excluding steroid dienone is 2. The summed E-state index contributed by atoms with van der Waals surface area (Å²) in [5.41, 5.74) is 5.61. The van der Waals surface area contributed by atoms with Gasteiger partial charge in [-0.2, -0.15) is 13.2 Å². The molecule has 29 heavy (non-hydrogen) atoms. The zero-order valence-corrected chi connectivity index (χ0v) is 16.8. The minimum Gasteiger partial charge on any atom is -0.374 e. The van der Waals surface area contributed by atoms with Crippen molar-refractivity contribution >= 4 is 6.08 Å². The van der Waals surface area contributed by atoms with Gasteiger partial charge in [-0.3, -0.25) is 0 Å². The average molecular weight is 400 g/mol. The number of halogens is 3. The fourth-order valence-electron chi connectivity index (χ4n) is 4.64. The van der Waals surface area contributed by atoms with Crippen molar-refractivity contribution in [2.45, 2.75) is 70.1 Å². The normalized spacial score (nSPS) is 27.2. The quantitative estimate of drug-likeness (QED) is 0.402. The Bertz CT molecular complexity index is 874. The van der Waals surface area contributed by atoms with Crippen LogP contribution in [-0.4, -0.2) is 18.9 Å². The van der Waals surface area contributed by atoms with Crippen molar-refractivity contribution in [2.75, 3.05) is 6.61 Å². The van der Waals surface area contributed by atoms with Crippen LogP contribution in [-0.2, 0) is 11.2 Å². The number of rotatable bonds is 2. The van der Waals surface area contributed by atoms with Gasteiger partial charge in [-0.05, 0) is 85.1 Å². The fraction of sp³-hybridized carbons (Fsp3) is 0.520. The van der Waals surface area contributed by atoms with Crippen molar-refractivity contribution < 1.29 is 17.9 Å². The van der Waals surface area contributed by atoms with Crippen molar-refractivity contribution in [2.24, 2.45) is 5.92 Å². The topological polar surface area (TPSA) is 9.23 Å². The summed E-state index contributed by atoms with van der Waals surface area (Å²) in [5.74, 6) is 4.86. The summed E-state index contributed by atoms with van der Waals surface area (Å²) in [6, 6.07) is 6.43. The molecule has 3 unspecified atom stereocenters. The van der Waals surface area contributed by atoms with Gasteiger partial charge in [0.1, 0.15) is 0 Å². The Hall–Kier alpha value is -1.99. The number of hydrogen-bond donors (Lipinski definition) is 0. The van der Waals surface area contributed by atoms with Gasteiger partial charge in [0.25, 0.3) is 0 Å². The molecule has 0 aromatic heterocycles. The molecule has 1 heterocycles. The van der Waals surface area contributed by atoms with Gasteiger partial charge in [0.05, 0.1) is 6.10 Å². The molecule has 2 aliphatic carbocycles. The minimum atomic E-state index is -4.43. The highest BCUT2D eigenvalue weighted by Gasteiger charge is 2.26. The van der Waals surface area contributed by atoms with Crippen molar-refractivity contribution in [1.29, 1.82) is 0 Å². The van der Waals surface area contributed by atoms with E-state index in [0.29, 0.717) is 29.9 Å². The molecule has 1 aromatic carbocycles. The monoisotopic (exact) mass is 400 g/mol. The molecular formula is C25H27F3O. The Morgan fingerprint density at radius 2 is 1.93 bits per heavy atom. The largest absolute Gasteiger partial charge is 0.458 e. The molecule has 4 heteroatoms. The Labute approximate surface area is 171 Å². The van der Waals surface area contributed by atoms with Gasteiger partial charge >= 0.3 is 6.18 Å². The predicted octanol–water partition coefficient (Wildman–Crippen LogP) is 6.59. The maximum Gasteiger partial charge on any atom is 0.458 e. The molecule has 0 N–H and O–H groups in total. The van der Waals surface area contributed by atoms with Crippen LogP contribution in [0.5, 0.6) is 0 Å². The molecule has 3 atom stereocenters. The van der Waals surface area contributed by atoms with Crippen LogP contribution in [0.2, 0.25) is 0 Å². The lowest BCUT2D eigenvalue weighted by Gasteiger charge is -2.32. The molecule has 1 aliphatic heterocycles. The highest BCUT2D eigenvalue weighted by atomic mass is 19.4. The Kier molecular flexibility index (Phi) is 5.88. The van der Waals surface area contributed by atoms with Crippen LogP contribution >= 0.6 is 0 Å². The summed E-state index contributed by atoms with van der Waals surface area (Å²) in [5, 5.41) is 0.